The highest BCUT2D eigenvalue weighted by atomic mass is 35.5. The molecule has 2 rings (SSSR count). The van der Waals surface area contributed by atoms with E-state index in [1.54, 1.807) is 12.1 Å². The first-order valence-electron chi connectivity index (χ1n) is 6.05. The second-order valence-corrected chi connectivity index (χ2v) is 5.21. The molecule has 0 amide bonds. The van der Waals surface area contributed by atoms with E-state index >= 15 is 0 Å². The molecule has 1 aliphatic rings. The van der Waals surface area contributed by atoms with Gasteiger partial charge in [-0.15, -0.1) is 11.6 Å². The molecule has 1 aromatic rings. The van der Waals surface area contributed by atoms with Crippen LogP contribution in [0.15, 0.2) is 24.3 Å². The highest BCUT2D eigenvalue weighted by Gasteiger charge is 2.25. The molecule has 3 nitrogen and oxygen atoms in total. The van der Waals surface area contributed by atoms with Crippen LogP contribution >= 0.6 is 11.6 Å². The molecule has 0 N–H and O–H groups in total. The zero-order valence-electron chi connectivity index (χ0n) is 9.64. The Kier molecular flexibility index (Phi) is 4.00. The Bertz CT molecular complexity index is 408. The van der Waals surface area contributed by atoms with Gasteiger partial charge >= 0.3 is 0 Å². The zero-order valence-corrected chi connectivity index (χ0v) is 10.4. The predicted octanol–water partition coefficient (Wildman–Crippen LogP) is 3.93. The molecule has 0 spiro atoms. The van der Waals surface area contributed by atoms with Crippen molar-refractivity contribution in [2.24, 2.45) is 5.92 Å². The maximum absolute atomic E-state index is 10.9. The Hall–Kier alpha value is -1.09. The van der Waals surface area contributed by atoms with E-state index in [4.69, 9.17) is 11.6 Å². The van der Waals surface area contributed by atoms with Crippen LogP contribution in [0, 0.1) is 16.0 Å². The minimum Gasteiger partial charge on any atom is -0.258 e. The number of alkyl halides is 1. The molecule has 0 radical (unpaired) electrons. The topological polar surface area (TPSA) is 43.1 Å². The average Bonchev–Trinajstić information content (AvgIpc) is 2.32. The number of hydrogen-bond donors (Lipinski definition) is 0. The van der Waals surface area contributed by atoms with Crippen LogP contribution < -0.4 is 0 Å². The Balaban J connectivity index is 2.14. The van der Waals surface area contributed by atoms with Gasteiger partial charge in [-0.1, -0.05) is 31.0 Å². The van der Waals surface area contributed by atoms with Gasteiger partial charge < -0.3 is 0 Å². The average molecular weight is 254 g/mol. The Labute approximate surface area is 106 Å². The van der Waals surface area contributed by atoms with Gasteiger partial charge in [0.2, 0.25) is 0 Å². The van der Waals surface area contributed by atoms with E-state index in [9.17, 15) is 10.1 Å². The van der Waals surface area contributed by atoms with Crippen molar-refractivity contribution >= 4 is 17.3 Å². The fourth-order valence-corrected chi connectivity index (χ4v) is 2.91. The largest absolute Gasteiger partial charge is 0.272 e. The van der Waals surface area contributed by atoms with E-state index < -0.39 is 0 Å². The minimum absolute atomic E-state index is 0.170. The van der Waals surface area contributed by atoms with Crippen LogP contribution in [0.1, 0.15) is 31.2 Å². The maximum Gasteiger partial charge on any atom is 0.272 e. The lowest BCUT2D eigenvalue weighted by atomic mass is 9.84. The molecular formula is C13H16ClNO2. The SMILES string of the molecule is O=[N+]([O-])c1ccccc1CC1CCCCC1Cl. The van der Waals surface area contributed by atoms with E-state index in [0.717, 1.165) is 24.8 Å². The number of para-hydroxylation sites is 1. The van der Waals surface area contributed by atoms with E-state index in [1.807, 2.05) is 12.1 Å². The lowest BCUT2D eigenvalue weighted by Gasteiger charge is -2.26. The van der Waals surface area contributed by atoms with Gasteiger partial charge in [0.05, 0.1) is 4.92 Å². The van der Waals surface area contributed by atoms with Crippen molar-refractivity contribution in [3.8, 4) is 0 Å². The first-order chi connectivity index (χ1) is 8.18. The molecule has 4 heteroatoms. The van der Waals surface area contributed by atoms with E-state index in [1.165, 1.54) is 12.8 Å². The molecule has 92 valence electrons. The van der Waals surface area contributed by atoms with Gasteiger partial charge in [0, 0.05) is 17.0 Å². The standard InChI is InChI=1S/C13H16ClNO2/c14-12-7-3-1-5-10(12)9-11-6-2-4-8-13(11)15(16)17/h2,4,6,8,10,12H,1,3,5,7,9H2. The fourth-order valence-electron chi connectivity index (χ4n) is 2.54. The second kappa shape index (κ2) is 5.50. The van der Waals surface area contributed by atoms with Crippen LogP contribution in [0.5, 0.6) is 0 Å². The van der Waals surface area contributed by atoms with Crippen LogP contribution in [-0.4, -0.2) is 10.3 Å². The van der Waals surface area contributed by atoms with Crippen molar-refractivity contribution in [2.75, 3.05) is 0 Å². The summed E-state index contributed by atoms with van der Waals surface area (Å²) in [6, 6.07) is 6.98. The number of benzene rings is 1. The molecule has 0 saturated heterocycles. The molecule has 1 saturated carbocycles. The van der Waals surface area contributed by atoms with Crippen LogP contribution in [0.25, 0.3) is 0 Å². The second-order valence-electron chi connectivity index (χ2n) is 4.65. The van der Waals surface area contributed by atoms with Gasteiger partial charge in [-0.3, -0.25) is 10.1 Å². The molecule has 0 aromatic heterocycles. The van der Waals surface area contributed by atoms with Crippen LogP contribution in [0.4, 0.5) is 5.69 Å². The first kappa shape index (κ1) is 12.4. The first-order valence-corrected chi connectivity index (χ1v) is 6.48. The molecule has 0 bridgehead atoms. The molecule has 2 atom stereocenters. The third-order valence-electron chi connectivity index (χ3n) is 3.49. The monoisotopic (exact) mass is 253 g/mol. The van der Waals surface area contributed by atoms with E-state index in [0.29, 0.717) is 5.92 Å². The highest BCUT2D eigenvalue weighted by molar-refractivity contribution is 6.20. The third kappa shape index (κ3) is 2.97. The van der Waals surface area contributed by atoms with Gasteiger partial charge in [-0.05, 0) is 25.2 Å². The summed E-state index contributed by atoms with van der Waals surface area (Å²) >= 11 is 6.29. The molecule has 0 heterocycles. The summed E-state index contributed by atoms with van der Waals surface area (Å²) in [5.74, 6) is 0.381. The number of nitro groups is 1. The lowest BCUT2D eigenvalue weighted by molar-refractivity contribution is -0.385. The van der Waals surface area contributed by atoms with Gasteiger partial charge in [-0.2, -0.15) is 0 Å². The van der Waals surface area contributed by atoms with Crippen LogP contribution in [-0.2, 0) is 6.42 Å². The van der Waals surface area contributed by atoms with Crippen molar-refractivity contribution in [3.05, 3.63) is 39.9 Å². The third-order valence-corrected chi connectivity index (χ3v) is 4.06. The number of hydrogen-bond acceptors (Lipinski definition) is 2. The van der Waals surface area contributed by atoms with Crippen molar-refractivity contribution in [1.82, 2.24) is 0 Å². The smallest absolute Gasteiger partial charge is 0.258 e. The molecule has 0 aliphatic heterocycles. The van der Waals surface area contributed by atoms with E-state index in [2.05, 4.69) is 0 Å². The number of halogens is 1. The Morgan fingerprint density at radius 2 is 2.00 bits per heavy atom. The highest BCUT2D eigenvalue weighted by Crippen LogP contribution is 2.33. The summed E-state index contributed by atoms with van der Waals surface area (Å²) in [6.07, 6.45) is 5.22. The summed E-state index contributed by atoms with van der Waals surface area (Å²) in [6.45, 7) is 0. The molecule has 17 heavy (non-hydrogen) atoms. The molecule has 2 unspecified atom stereocenters. The van der Waals surface area contributed by atoms with Crippen LogP contribution in [0.3, 0.4) is 0 Å². The Morgan fingerprint density at radius 1 is 1.29 bits per heavy atom. The van der Waals surface area contributed by atoms with Crippen LogP contribution in [0.2, 0.25) is 0 Å². The number of nitrogens with zero attached hydrogens (tertiary/aromatic N) is 1. The van der Waals surface area contributed by atoms with Gasteiger partial charge in [-0.25, -0.2) is 0 Å². The van der Waals surface area contributed by atoms with Crippen molar-refractivity contribution in [1.29, 1.82) is 0 Å². The maximum atomic E-state index is 10.9. The normalized spacial score (nSPS) is 24.5. The van der Waals surface area contributed by atoms with Crippen molar-refractivity contribution in [2.45, 2.75) is 37.5 Å². The van der Waals surface area contributed by atoms with E-state index in [-0.39, 0.29) is 16.0 Å². The minimum atomic E-state index is -0.304. The summed E-state index contributed by atoms with van der Waals surface area (Å²) < 4.78 is 0. The van der Waals surface area contributed by atoms with Gasteiger partial charge in [0.25, 0.3) is 5.69 Å². The Morgan fingerprint density at radius 3 is 2.71 bits per heavy atom. The fraction of sp³-hybridized carbons (Fsp3) is 0.538. The van der Waals surface area contributed by atoms with Gasteiger partial charge in [0.1, 0.15) is 0 Å². The molecule has 1 aromatic carbocycles. The summed E-state index contributed by atoms with van der Waals surface area (Å²) in [5, 5.41) is 11.1. The van der Waals surface area contributed by atoms with Crippen molar-refractivity contribution in [3.63, 3.8) is 0 Å². The lowest BCUT2D eigenvalue weighted by Crippen LogP contribution is -2.22. The summed E-state index contributed by atoms with van der Waals surface area (Å²) in [7, 11) is 0. The molecular weight excluding hydrogens is 238 g/mol. The zero-order chi connectivity index (χ0) is 12.3. The quantitative estimate of drug-likeness (QED) is 0.465. The summed E-state index contributed by atoms with van der Waals surface area (Å²) in [5.41, 5.74) is 1.04. The number of rotatable bonds is 3. The summed E-state index contributed by atoms with van der Waals surface area (Å²) in [4.78, 5) is 10.6. The predicted molar refractivity (Wildman–Crippen MR) is 68.4 cm³/mol. The van der Waals surface area contributed by atoms with Crippen molar-refractivity contribution < 1.29 is 4.92 Å². The van der Waals surface area contributed by atoms with Gasteiger partial charge in [0.15, 0.2) is 0 Å². The molecule has 1 fully saturated rings. The molecule has 1 aliphatic carbocycles. The number of nitro benzene ring substituents is 1.